The van der Waals surface area contributed by atoms with E-state index in [1.165, 1.54) is 28.7 Å². The minimum Gasteiger partial charge on any atom is -0.496 e. The SMILES string of the molecule is COc1ccccc1C(CNC(=O)c1sc2ncn(C)c(=O)c2c1C)N1CCCCC1. The molecule has 0 saturated carbocycles. The highest BCUT2D eigenvalue weighted by Crippen LogP contribution is 2.31. The predicted octanol–water partition coefficient (Wildman–Crippen LogP) is 3.27. The summed E-state index contributed by atoms with van der Waals surface area (Å²) in [4.78, 5) is 33.5. The molecule has 0 spiro atoms. The van der Waals surface area contributed by atoms with Crippen molar-refractivity contribution >= 4 is 27.5 Å². The summed E-state index contributed by atoms with van der Waals surface area (Å²) in [5.74, 6) is 0.664. The first-order valence-electron chi connectivity index (χ1n) is 10.6. The number of benzene rings is 1. The van der Waals surface area contributed by atoms with Gasteiger partial charge >= 0.3 is 0 Å². The molecule has 2 aromatic heterocycles. The predicted molar refractivity (Wildman–Crippen MR) is 123 cm³/mol. The summed E-state index contributed by atoms with van der Waals surface area (Å²) in [5.41, 5.74) is 1.65. The van der Waals surface area contributed by atoms with Gasteiger partial charge in [0.05, 0.1) is 29.7 Å². The highest BCUT2D eigenvalue weighted by Gasteiger charge is 2.26. The molecule has 1 saturated heterocycles. The maximum absolute atomic E-state index is 13.1. The van der Waals surface area contributed by atoms with Gasteiger partial charge in [0.2, 0.25) is 0 Å². The van der Waals surface area contributed by atoms with Gasteiger partial charge in [0, 0.05) is 19.2 Å². The monoisotopic (exact) mass is 440 g/mol. The summed E-state index contributed by atoms with van der Waals surface area (Å²) in [5, 5.41) is 3.65. The van der Waals surface area contributed by atoms with Crippen molar-refractivity contribution in [3.05, 3.63) is 57.0 Å². The minimum absolute atomic E-state index is 0.0288. The molecule has 1 aliphatic rings. The molecule has 1 aliphatic heterocycles. The number of nitrogens with zero attached hydrogens (tertiary/aromatic N) is 3. The molecule has 3 aromatic rings. The van der Waals surface area contributed by atoms with Crippen molar-refractivity contribution in [3.63, 3.8) is 0 Å². The average molecular weight is 441 g/mol. The maximum Gasteiger partial charge on any atom is 0.262 e. The van der Waals surface area contributed by atoms with Gasteiger partial charge in [-0.3, -0.25) is 14.5 Å². The number of para-hydroxylation sites is 1. The molecular weight excluding hydrogens is 412 g/mol. The highest BCUT2D eigenvalue weighted by atomic mass is 32.1. The van der Waals surface area contributed by atoms with E-state index in [-0.39, 0.29) is 17.5 Å². The Kier molecular flexibility index (Phi) is 6.38. The van der Waals surface area contributed by atoms with Crippen molar-refractivity contribution in [1.82, 2.24) is 19.8 Å². The third kappa shape index (κ3) is 4.22. The van der Waals surface area contributed by atoms with Gasteiger partial charge in [0.1, 0.15) is 10.6 Å². The second kappa shape index (κ2) is 9.20. The molecular formula is C23H28N4O3S. The number of ether oxygens (including phenoxy) is 1. The number of rotatable bonds is 6. The zero-order valence-electron chi connectivity index (χ0n) is 18.2. The first-order chi connectivity index (χ1) is 15.0. The Hall–Kier alpha value is -2.71. The number of aryl methyl sites for hydroxylation is 2. The molecule has 1 unspecified atom stereocenters. The zero-order valence-corrected chi connectivity index (χ0v) is 19.0. The second-order valence-corrected chi connectivity index (χ2v) is 8.96. The van der Waals surface area contributed by atoms with E-state index in [1.807, 2.05) is 25.1 Å². The van der Waals surface area contributed by atoms with Crippen molar-refractivity contribution in [1.29, 1.82) is 0 Å². The fourth-order valence-electron chi connectivity index (χ4n) is 4.30. The second-order valence-electron chi connectivity index (χ2n) is 7.96. The molecule has 1 aromatic carbocycles. The molecule has 3 heterocycles. The quantitative estimate of drug-likeness (QED) is 0.637. The van der Waals surface area contributed by atoms with Crippen LogP contribution < -0.4 is 15.6 Å². The number of hydrogen-bond donors (Lipinski definition) is 1. The molecule has 8 heteroatoms. The van der Waals surface area contributed by atoms with Gasteiger partial charge in [0.15, 0.2) is 0 Å². The van der Waals surface area contributed by atoms with Crippen molar-refractivity contribution in [2.24, 2.45) is 7.05 Å². The van der Waals surface area contributed by atoms with Crippen LogP contribution >= 0.6 is 11.3 Å². The number of nitrogens with one attached hydrogen (secondary N) is 1. The molecule has 1 amide bonds. The van der Waals surface area contributed by atoms with E-state index in [0.717, 1.165) is 37.2 Å². The normalized spacial score (nSPS) is 15.7. The average Bonchev–Trinajstić information content (AvgIpc) is 3.14. The number of methoxy groups -OCH3 is 1. The number of piperidine rings is 1. The number of aromatic nitrogens is 2. The number of likely N-dealkylation sites (tertiary alicyclic amines) is 1. The number of thiophene rings is 1. The van der Waals surface area contributed by atoms with Crippen LogP contribution in [0.25, 0.3) is 10.2 Å². The molecule has 1 N–H and O–H groups in total. The van der Waals surface area contributed by atoms with Gasteiger partial charge in [-0.05, 0) is 44.5 Å². The topological polar surface area (TPSA) is 76.5 Å². The fourth-order valence-corrected chi connectivity index (χ4v) is 5.36. The molecule has 0 bridgehead atoms. The Balaban J connectivity index is 1.60. The Morgan fingerprint density at radius 1 is 1.26 bits per heavy atom. The van der Waals surface area contributed by atoms with Gasteiger partial charge in [-0.15, -0.1) is 11.3 Å². The smallest absolute Gasteiger partial charge is 0.262 e. The van der Waals surface area contributed by atoms with Crippen molar-refractivity contribution < 1.29 is 9.53 Å². The number of hydrogen-bond acceptors (Lipinski definition) is 6. The lowest BCUT2D eigenvalue weighted by atomic mass is 10.0. The molecule has 164 valence electrons. The van der Waals surface area contributed by atoms with Crippen LogP contribution in [0.1, 0.15) is 46.1 Å². The first-order valence-corrected chi connectivity index (χ1v) is 11.4. The Bertz CT molecular complexity index is 1150. The number of fused-ring (bicyclic) bond motifs is 1. The largest absolute Gasteiger partial charge is 0.496 e. The number of carbonyl (C=O) groups is 1. The van der Waals surface area contributed by atoms with Gasteiger partial charge in [0.25, 0.3) is 11.5 Å². The standard InChI is InChI=1S/C23H28N4O3S/c1-15-19-22(25-14-26(2)23(19)29)31-20(15)21(28)24-13-17(27-11-7-4-8-12-27)16-9-5-6-10-18(16)30-3/h5-6,9-10,14,17H,4,7-8,11-13H2,1-3H3,(H,24,28). The maximum atomic E-state index is 13.1. The Labute approximate surface area is 185 Å². The summed E-state index contributed by atoms with van der Waals surface area (Å²) in [6.07, 6.45) is 5.05. The molecule has 0 aliphatic carbocycles. The molecule has 4 rings (SSSR count). The minimum atomic E-state index is -0.167. The summed E-state index contributed by atoms with van der Waals surface area (Å²) in [7, 11) is 3.35. The van der Waals surface area contributed by atoms with Crippen molar-refractivity contribution in [3.8, 4) is 5.75 Å². The van der Waals surface area contributed by atoms with Crippen LogP contribution in [0, 0.1) is 6.92 Å². The lowest BCUT2D eigenvalue weighted by Gasteiger charge is -2.35. The highest BCUT2D eigenvalue weighted by molar-refractivity contribution is 7.20. The lowest BCUT2D eigenvalue weighted by Crippen LogP contribution is -2.40. The third-order valence-electron chi connectivity index (χ3n) is 6.00. The number of carbonyl (C=O) groups excluding carboxylic acids is 1. The first kappa shape index (κ1) is 21.5. The van der Waals surface area contributed by atoms with Crippen LogP contribution in [0.2, 0.25) is 0 Å². The van der Waals surface area contributed by atoms with Crippen molar-refractivity contribution in [2.45, 2.75) is 32.2 Å². The molecule has 1 fully saturated rings. The van der Waals surface area contributed by atoms with Gasteiger partial charge in [-0.1, -0.05) is 24.6 Å². The summed E-state index contributed by atoms with van der Waals surface area (Å²) in [6, 6.07) is 8.03. The van der Waals surface area contributed by atoms with Crippen LogP contribution in [0.4, 0.5) is 0 Å². The molecule has 7 nitrogen and oxygen atoms in total. The summed E-state index contributed by atoms with van der Waals surface area (Å²) in [6.45, 7) is 4.29. The Morgan fingerprint density at radius 2 is 2.00 bits per heavy atom. The molecule has 31 heavy (non-hydrogen) atoms. The van der Waals surface area contributed by atoms with E-state index in [1.54, 1.807) is 14.2 Å². The van der Waals surface area contributed by atoms with Crippen LogP contribution in [0.5, 0.6) is 5.75 Å². The van der Waals surface area contributed by atoms with E-state index < -0.39 is 0 Å². The zero-order chi connectivity index (χ0) is 22.0. The van der Waals surface area contributed by atoms with Crippen LogP contribution in [0.15, 0.2) is 35.4 Å². The third-order valence-corrected chi connectivity index (χ3v) is 7.20. The van der Waals surface area contributed by atoms with E-state index in [9.17, 15) is 9.59 Å². The lowest BCUT2D eigenvalue weighted by molar-refractivity contribution is 0.0926. The summed E-state index contributed by atoms with van der Waals surface area (Å²) < 4.78 is 7.05. The van der Waals surface area contributed by atoms with Crippen LogP contribution in [0.3, 0.4) is 0 Å². The van der Waals surface area contributed by atoms with Gasteiger partial charge in [-0.2, -0.15) is 0 Å². The van der Waals surface area contributed by atoms with Crippen LogP contribution in [-0.4, -0.2) is 47.1 Å². The van der Waals surface area contributed by atoms with E-state index >= 15 is 0 Å². The van der Waals surface area contributed by atoms with Crippen LogP contribution in [-0.2, 0) is 7.05 Å². The summed E-state index contributed by atoms with van der Waals surface area (Å²) >= 11 is 1.27. The molecule has 0 radical (unpaired) electrons. The Morgan fingerprint density at radius 3 is 2.74 bits per heavy atom. The van der Waals surface area contributed by atoms with Gasteiger partial charge in [-0.25, -0.2) is 4.98 Å². The fraction of sp³-hybridized carbons (Fsp3) is 0.435. The van der Waals surface area contributed by atoms with Gasteiger partial charge < -0.3 is 14.6 Å². The van der Waals surface area contributed by atoms with E-state index in [0.29, 0.717) is 27.2 Å². The van der Waals surface area contributed by atoms with Crippen molar-refractivity contribution in [2.75, 3.05) is 26.7 Å². The number of amides is 1. The van der Waals surface area contributed by atoms with E-state index in [2.05, 4.69) is 21.3 Å². The van der Waals surface area contributed by atoms with E-state index in [4.69, 9.17) is 4.74 Å². The molecule has 1 atom stereocenters.